The van der Waals surface area contributed by atoms with Crippen molar-refractivity contribution in [2.24, 2.45) is 7.05 Å². The first kappa shape index (κ1) is 25.7. The van der Waals surface area contributed by atoms with Crippen molar-refractivity contribution in [3.63, 3.8) is 0 Å². The molecular formula is C28H28F3N5O2. The minimum atomic E-state index is -2.90. The van der Waals surface area contributed by atoms with E-state index in [1.165, 1.54) is 22.8 Å². The van der Waals surface area contributed by atoms with E-state index in [9.17, 15) is 23.1 Å². The molecule has 0 unspecified atom stereocenters. The molecule has 4 heterocycles. The number of aromatic nitrogens is 3. The first-order valence-electron chi connectivity index (χ1n) is 12.4. The van der Waals surface area contributed by atoms with Crippen molar-refractivity contribution in [2.75, 3.05) is 23.3 Å². The van der Waals surface area contributed by atoms with E-state index in [1.54, 1.807) is 50.8 Å². The molecule has 1 saturated heterocycles. The smallest absolute Gasteiger partial charge is 0.266 e. The van der Waals surface area contributed by atoms with Crippen molar-refractivity contribution in [1.82, 2.24) is 14.5 Å². The first-order valence-corrected chi connectivity index (χ1v) is 12.4. The highest BCUT2D eigenvalue weighted by Gasteiger charge is 2.36. The van der Waals surface area contributed by atoms with Gasteiger partial charge in [-0.1, -0.05) is 18.2 Å². The van der Waals surface area contributed by atoms with Crippen molar-refractivity contribution < 1.29 is 18.3 Å². The molecule has 7 nitrogen and oxygen atoms in total. The van der Waals surface area contributed by atoms with Gasteiger partial charge in [-0.3, -0.25) is 14.8 Å². The van der Waals surface area contributed by atoms with E-state index >= 15 is 0 Å². The third-order valence-corrected chi connectivity index (χ3v) is 7.26. The van der Waals surface area contributed by atoms with Gasteiger partial charge in [0, 0.05) is 55.2 Å². The van der Waals surface area contributed by atoms with Crippen LogP contribution in [-0.4, -0.2) is 32.7 Å². The minimum absolute atomic E-state index is 0.0839. The normalized spacial score (nSPS) is 16.1. The van der Waals surface area contributed by atoms with E-state index in [1.807, 2.05) is 0 Å². The number of benzene rings is 1. The van der Waals surface area contributed by atoms with E-state index in [-0.39, 0.29) is 11.1 Å². The second-order valence-electron chi connectivity index (χ2n) is 9.72. The van der Waals surface area contributed by atoms with E-state index in [0.717, 1.165) is 11.8 Å². The van der Waals surface area contributed by atoms with Crippen molar-refractivity contribution in [3.8, 4) is 0 Å². The van der Waals surface area contributed by atoms with Crippen LogP contribution in [0.4, 0.5) is 24.5 Å². The lowest BCUT2D eigenvalue weighted by atomic mass is 9.87. The van der Waals surface area contributed by atoms with Gasteiger partial charge in [-0.2, -0.15) is 0 Å². The fourth-order valence-electron chi connectivity index (χ4n) is 4.97. The van der Waals surface area contributed by atoms with Crippen LogP contribution in [0.5, 0.6) is 0 Å². The molecule has 3 aromatic heterocycles. The van der Waals surface area contributed by atoms with E-state index in [4.69, 9.17) is 0 Å². The highest BCUT2D eigenvalue weighted by atomic mass is 19.3. The van der Waals surface area contributed by atoms with E-state index in [0.29, 0.717) is 48.2 Å². The van der Waals surface area contributed by atoms with Gasteiger partial charge in [-0.25, -0.2) is 13.2 Å². The standard InChI is InChI=1S/C28H28F3N5O2/c1-17(19-4-3-5-20(26(19)29)27(30)31)34-22-8-11-32-23-15-33-24(14-21(22)23)28(38)9-12-36(13-10-28)18-6-7-25(37)35(2)16-18/h3-8,11,14-17,27,38H,9-10,12-13H2,1-2H3,(H,32,34)/t17-/m1/s1. The number of nitrogens with one attached hydrogen (secondary N) is 1. The van der Waals surface area contributed by atoms with Crippen LogP contribution in [0, 0.1) is 5.82 Å². The van der Waals surface area contributed by atoms with Gasteiger partial charge in [-0.15, -0.1) is 0 Å². The van der Waals surface area contributed by atoms with Crippen LogP contribution in [0.25, 0.3) is 10.9 Å². The number of aryl methyl sites for hydroxylation is 1. The number of hydrogen-bond acceptors (Lipinski definition) is 6. The maximum atomic E-state index is 14.7. The molecule has 2 N–H and O–H groups in total. The van der Waals surface area contributed by atoms with Gasteiger partial charge in [0.15, 0.2) is 0 Å². The molecule has 0 spiro atoms. The lowest BCUT2D eigenvalue weighted by Gasteiger charge is -2.39. The van der Waals surface area contributed by atoms with Crippen LogP contribution in [0.3, 0.4) is 0 Å². The lowest BCUT2D eigenvalue weighted by molar-refractivity contribution is 0.00775. The van der Waals surface area contributed by atoms with Crippen LogP contribution < -0.4 is 15.8 Å². The minimum Gasteiger partial charge on any atom is -0.383 e. The van der Waals surface area contributed by atoms with Gasteiger partial charge in [0.2, 0.25) is 5.56 Å². The Kier molecular flexibility index (Phi) is 6.83. The summed E-state index contributed by atoms with van der Waals surface area (Å²) in [5.41, 5.74) is 0.868. The number of fused-ring (bicyclic) bond motifs is 1. The zero-order valence-corrected chi connectivity index (χ0v) is 21.0. The summed E-state index contributed by atoms with van der Waals surface area (Å²) in [5.74, 6) is -0.928. The number of rotatable bonds is 6. The maximum absolute atomic E-state index is 14.7. The van der Waals surface area contributed by atoms with Gasteiger partial charge < -0.3 is 19.9 Å². The number of aliphatic hydroxyl groups is 1. The molecule has 0 saturated carbocycles. The second kappa shape index (κ2) is 10.1. The number of halogens is 3. The summed E-state index contributed by atoms with van der Waals surface area (Å²) in [6.45, 7) is 2.84. The summed E-state index contributed by atoms with van der Waals surface area (Å²) in [4.78, 5) is 22.7. The number of pyridine rings is 3. The molecule has 10 heteroatoms. The number of piperidine rings is 1. The Balaban J connectivity index is 1.40. The van der Waals surface area contributed by atoms with E-state index in [2.05, 4.69) is 20.2 Å². The summed E-state index contributed by atoms with van der Waals surface area (Å²) in [7, 11) is 1.70. The number of alkyl halides is 2. The molecule has 1 fully saturated rings. The predicted octanol–water partition coefficient (Wildman–Crippen LogP) is 5.07. The Hall–Kier alpha value is -3.92. The van der Waals surface area contributed by atoms with Crippen molar-refractivity contribution in [3.05, 3.63) is 94.0 Å². The molecule has 0 radical (unpaired) electrons. The summed E-state index contributed by atoms with van der Waals surface area (Å²) >= 11 is 0. The summed E-state index contributed by atoms with van der Waals surface area (Å²) in [6.07, 6.45) is 2.92. The monoisotopic (exact) mass is 523 g/mol. The molecule has 198 valence electrons. The molecule has 1 atom stereocenters. The van der Waals surface area contributed by atoms with Gasteiger partial charge in [0.1, 0.15) is 11.4 Å². The van der Waals surface area contributed by atoms with Crippen LogP contribution in [-0.2, 0) is 12.6 Å². The summed E-state index contributed by atoms with van der Waals surface area (Å²) in [5, 5.41) is 15.4. The van der Waals surface area contributed by atoms with Crippen LogP contribution >= 0.6 is 0 Å². The Morgan fingerprint density at radius 1 is 1.08 bits per heavy atom. The molecule has 1 aliphatic heterocycles. The summed E-state index contributed by atoms with van der Waals surface area (Å²) < 4.78 is 42.7. The van der Waals surface area contributed by atoms with Crippen molar-refractivity contribution in [1.29, 1.82) is 0 Å². The molecule has 4 aromatic rings. The second-order valence-corrected chi connectivity index (χ2v) is 9.72. The highest BCUT2D eigenvalue weighted by Crippen LogP contribution is 2.36. The highest BCUT2D eigenvalue weighted by molar-refractivity contribution is 5.91. The number of nitrogens with zero attached hydrogens (tertiary/aromatic N) is 4. The largest absolute Gasteiger partial charge is 0.383 e. The van der Waals surface area contributed by atoms with Gasteiger partial charge in [0.25, 0.3) is 6.43 Å². The van der Waals surface area contributed by atoms with Crippen LogP contribution in [0.2, 0.25) is 0 Å². The van der Waals surface area contributed by atoms with Gasteiger partial charge in [-0.05, 0) is 38.0 Å². The van der Waals surface area contributed by atoms with Crippen molar-refractivity contribution in [2.45, 2.75) is 37.8 Å². The van der Waals surface area contributed by atoms with Crippen LogP contribution in [0.15, 0.2) is 65.8 Å². The molecule has 38 heavy (non-hydrogen) atoms. The molecular weight excluding hydrogens is 495 g/mol. The first-order chi connectivity index (χ1) is 18.2. The predicted molar refractivity (Wildman–Crippen MR) is 140 cm³/mol. The lowest BCUT2D eigenvalue weighted by Crippen LogP contribution is -2.43. The third kappa shape index (κ3) is 4.83. The fraction of sp³-hybridized carbons (Fsp3) is 0.321. The fourth-order valence-corrected chi connectivity index (χ4v) is 4.97. The third-order valence-electron chi connectivity index (χ3n) is 7.26. The number of hydrogen-bond donors (Lipinski definition) is 2. The van der Waals surface area contributed by atoms with Gasteiger partial charge in [0.05, 0.1) is 34.7 Å². The quantitative estimate of drug-likeness (QED) is 0.367. The SMILES string of the molecule is C[C@@H](Nc1ccnc2cnc(C3(O)CCN(c4ccc(=O)n(C)c4)CC3)cc12)c1cccc(C(F)F)c1F. The zero-order chi connectivity index (χ0) is 27.0. The summed E-state index contributed by atoms with van der Waals surface area (Å²) in [6, 6.07) is 10.2. The zero-order valence-electron chi connectivity index (χ0n) is 21.0. The Morgan fingerprint density at radius 3 is 2.53 bits per heavy atom. The Labute approximate surface area is 217 Å². The number of anilines is 2. The average Bonchev–Trinajstić information content (AvgIpc) is 2.90. The van der Waals surface area contributed by atoms with Gasteiger partial charge >= 0.3 is 0 Å². The molecule has 5 rings (SSSR count). The van der Waals surface area contributed by atoms with E-state index < -0.39 is 29.4 Å². The molecule has 0 bridgehead atoms. The Morgan fingerprint density at radius 2 is 1.82 bits per heavy atom. The van der Waals surface area contributed by atoms with Crippen LogP contribution in [0.1, 0.15) is 49.1 Å². The topological polar surface area (TPSA) is 83.3 Å². The average molecular weight is 524 g/mol. The Bertz CT molecular complexity index is 1530. The molecule has 0 amide bonds. The maximum Gasteiger partial charge on any atom is 0.266 e. The molecule has 0 aliphatic carbocycles. The molecule has 1 aromatic carbocycles. The molecule has 1 aliphatic rings. The van der Waals surface area contributed by atoms with Crippen molar-refractivity contribution >= 4 is 22.3 Å².